The molecule has 0 radical (unpaired) electrons. The zero-order valence-corrected chi connectivity index (χ0v) is 14.6. The van der Waals surface area contributed by atoms with E-state index in [0.29, 0.717) is 6.10 Å². The van der Waals surface area contributed by atoms with Crippen LogP contribution in [-0.4, -0.2) is 24.2 Å². The molecular formula is C17H30N2OS. The molecule has 21 heavy (non-hydrogen) atoms. The third kappa shape index (κ3) is 6.05. The van der Waals surface area contributed by atoms with Gasteiger partial charge in [-0.2, -0.15) is 0 Å². The fourth-order valence-corrected chi connectivity index (χ4v) is 3.57. The van der Waals surface area contributed by atoms with E-state index in [1.165, 1.54) is 42.0 Å². The summed E-state index contributed by atoms with van der Waals surface area (Å²) >= 11 is 1.82. The second-order valence-electron chi connectivity index (χ2n) is 7.04. The summed E-state index contributed by atoms with van der Waals surface area (Å²) in [7, 11) is 0. The summed E-state index contributed by atoms with van der Waals surface area (Å²) in [6.45, 7) is 9.49. The third-order valence-corrected chi connectivity index (χ3v) is 5.32. The van der Waals surface area contributed by atoms with Gasteiger partial charge in [0.1, 0.15) is 0 Å². The van der Waals surface area contributed by atoms with E-state index in [9.17, 15) is 0 Å². The zero-order chi connectivity index (χ0) is 15.1. The van der Waals surface area contributed by atoms with Gasteiger partial charge >= 0.3 is 0 Å². The molecule has 1 heterocycles. The molecule has 0 aliphatic heterocycles. The monoisotopic (exact) mass is 310 g/mol. The topological polar surface area (TPSA) is 34.2 Å². The SMILES string of the molecule is CC(C)(C)c1ncc(CNCCCOC2CCCCC2)s1. The highest BCUT2D eigenvalue weighted by atomic mass is 32.1. The molecule has 0 spiro atoms. The lowest BCUT2D eigenvalue weighted by Crippen LogP contribution is -2.20. The van der Waals surface area contributed by atoms with E-state index in [0.717, 1.165) is 26.1 Å². The summed E-state index contributed by atoms with van der Waals surface area (Å²) in [5.74, 6) is 0. The van der Waals surface area contributed by atoms with Gasteiger partial charge in [0.25, 0.3) is 0 Å². The minimum Gasteiger partial charge on any atom is -0.378 e. The zero-order valence-electron chi connectivity index (χ0n) is 13.8. The maximum atomic E-state index is 5.93. The van der Waals surface area contributed by atoms with Crippen LogP contribution in [0, 0.1) is 0 Å². The second kappa shape index (κ2) is 8.25. The quantitative estimate of drug-likeness (QED) is 0.764. The van der Waals surface area contributed by atoms with Gasteiger partial charge in [0.05, 0.1) is 11.1 Å². The van der Waals surface area contributed by atoms with E-state index in [2.05, 4.69) is 31.1 Å². The van der Waals surface area contributed by atoms with Crippen LogP contribution < -0.4 is 5.32 Å². The van der Waals surface area contributed by atoms with Crippen LogP contribution in [0.25, 0.3) is 0 Å². The Balaban J connectivity index is 1.54. The molecule has 3 nitrogen and oxygen atoms in total. The largest absolute Gasteiger partial charge is 0.378 e. The van der Waals surface area contributed by atoms with Crippen molar-refractivity contribution in [1.29, 1.82) is 0 Å². The number of thiazole rings is 1. The fraction of sp³-hybridized carbons (Fsp3) is 0.824. The first-order valence-corrected chi connectivity index (χ1v) is 9.15. The predicted molar refractivity (Wildman–Crippen MR) is 90.0 cm³/mol. The molecule has 4 heteroatoms. The van der Waals surface area contributed by atoms with Crippen LogP contribution >= 0.6 is 11.3 Å². The van der Waals surface area contributed by atoms with Gasteiger partial charge in [-0.1, -0.05) is 40.0 Å². The van der Waals surface area contributed by atoms with Crippen LogP contribution in [0.5, 0.6) is 0 Å². The van der Waals surface area contributed by atoms with Crippen LogP contribution in [0.4, 0.5) is 0 Å². The molecule has 1 N–H and O–H groups in total. The average Bonchev–Trinajstić information content (AvgIpc) is 2.93. The summed E-state index contributed by atoms with van der Waals surface area (Å²) in [6.07, 6.45) is 10.3. The predicted octanol–water partition coefficient (Wildman–Crippen LogP) is 4.27. The Hall–Kier alpha value is -0.450. The van der Waals surface area contributed by atoms with Gasteiger partial charge < -0.3 is 10.1 Å². The number of ether oxygens (including phenoxy) is 1. The van der Waals surface area contributed by atoms with Gasteiger partial charge in [-0.3, -0.25) is 0 Å². The van der Waals surface area contributed by atoms with E-state index in [1.54, 1.807) is 0 Å². The van der Waals surface area contributed by atoms with Crippen LogP contribution in [-0.2, 0) is 16.7 Å². The Morgan fingerprint density at radius 2 is 2.05 bits per heavy atom. The van der Waals surface area contributed by atoms with Crippen molar-refractivity contribution in [2.45, 2.75) is 77.4 Å². The van der Waals surface area contributed by atoms with Gasteiger partial charge in [-0.05, 0) is 25.8 Å². The van der Waals surface area contributed by atoms with Crippen molar-refractivity contribution >= 4 is 11.3 Å². The van der Waals surface area contributed by atoms with Gasteiger partial charge in [-0.15, -0.1) is 11.3 Å². The molecule has 1 fully saturated rings. The minimum absolute atomic E-state index is 0.163. The molecule has 1 aliphatic carbocycles. The third-order valence-electron chi connectivity index (χ3n) is 3.90. The summed E-state index contributed by atoms with van der Waals surface area (Å²) in [6, 6.07) is 0. The summed E-state index contributed by atoms with van der Waals surface area (Å²) in [5, 5.41) is 4.72. The summed E-state index contributed by atoms with van der Waals surface area (Å²) in [4.78, 5) is 5.84. The first-order chi connectivity index (χ1) is 10.1. The van der Waals surface area contributed by atoms with Crippen molar-refractivity contribution in [3.05, 3.63) is 16.1 Å². The fourth-order valence-electron chi connectivity index (χ4n) is 2.63. The Morgan fingerprint density at radius 1 is 1.29 bits per heavy atom. The number of nitrogens with zero attached hydrogens (tertiary/aromatic N) is 1. The molecule has 0 atom stereocenters. The van der Waals surface area contributed by atoms with E-state index >= 15 is 0 Å². The van der Waals surface area contributed by atoms with Gasteiger partial charge in [0, 0.05) is 29.6 Å². The molecule has 120 valence electrons. The van der Waals surface area contributed by atoms with Crippen molar-refractivity contribution in [3.8, 4) is 0 Å². The Bertz CT molecular complexity index is 405. The Morgan fingerprint density at radius 3 is 2.71 bits per heavy atom. The van der Waals surface area contributed by atoms with E-state index in [1.807, 2.05) is 17.5 Å². The summed E-state index contributed by atoms with van der Waals surface area (Å²) < 4.78 is 5.93. The van der Waals surface area contributed by atoms with Gasteiger partial charge in [0.2, 0.25) is 0 Å². The Labute approximate surface area is 133 Å². The van der Waals surface area contributed by atoms with E-state index in [-0.39, 0.29) is 5.41 Å². The number of nitrogens with one attached hydrogen (secondary N) is 1. The van der Waals surface area contributed by atoms with E-state index < -0.39 is 0 Å². The molecule has 1 aliphatic rings. The van der Waals surface area contributed by atoms with Gasteiger partial charge in [0.15, 0.2) is 0 Å². The molecule has 1 aromatic heterocycles. The first-order valence-electron chi connectivity index (χ1n) is 8.33. The highest BCUT2D eigenvalue weighted by Crippen LogP contribution is 2.26. The smallest absolute Gasteiger partial charge is 0.0981 e. The molecule has 0 aromatic carbocycles. The molecule has 0 bridgehead atoms. The molecular weight excluding hydrogens is 280 g/mol. The second-order valence-corrected chi connectivity index (χ2v) is 8.16. The average molecular weight is 311 g/mol. The van der Waals surface area contributed by atoms with Crippen LogP contribution in [0.15, 0.2) is 6.20 Å². The molecule has 0 amide bonds. The maximum Gasteiger partial charge on any atom is 0.0981 e. The van der Waals surface area contributed by atoms with Crippen LogP contribution in [0.2, 0.25) is 0 Å². The molecule has 0 saturated heterocycles. The van der Waals surface area contributed by atoms with Crippen molar-refractivity contribution in [2.24, 2.45) is 0 Å². The van der Waals surface area contributed by atoms with E-state index in [4.69, 9.17) is 4.74 Å². The number of hydrogen-bond acceptors (Lipinski definition) is 4. The molecule has 1 saturated carbocycles. The lowest BCUT2D eigenvalue weighted by atomic mass is 9.98. The van der Waals surface area contributed by atoms with Crippen molar-refractivity contribution in [3.63, 3.8) is 0 Å². The Kier molecular flexibility index (Phi) is 6.65. The first kappa shape index (κ1) is 16.9. The maximum absolute atomic E-state index is 5.93. The molecule has 0 unspecified atom stereocenters. The normalized spacial score (nSPS) is 17.3. The standard InChI is InChI=1S/C17H30N2OS/c1-17(2,3)16-19-13-15(21-16)12-18-10-7-11-20-14-8-5-4-6-9-14/h13-14,18H,4-12H2,1-3H3. The summed E-state index contributed by atoms with van der Waals surface area (Å²) in [5.41, 5.74) is 0.163. The van der Waals surface area contributed by atoms with Crippen LogP contribution in [0.3, 0.4) is 0 Å². The minimum atomic E-state index is 0.163. The van der Waals surface area contributed by atoms with Crippen molar-refractivity contribution in [2.75, 3.05) is 13.2 Å². The number of hydrogen-bond donors (Lipinski definition) is 1. The number of aromatic nitrogens is 1. The van der Waals surface area contributed by atoms with Crippen LogP contribution in [0.1, 0.15) is 69.2 Å². The number of rotatable bonds is 7. The van der Waals surface area contributed by atoms with Crippen molar-refractivity contribution in [1.82, 2.24) is 10.3 Å². The lowest BCUT2D eigenvalue weighted by molar-refractivity contribution is 0.0273. The molecule has 2 rings (SSSR count). The highest BCUT2D eigenvalue weighted by Gasteiger charge is 2.17. The van der Waals surface area contributed by atoms with Gasteiger partial charge in [-0.25, -0.2) is 4.98 Å². The highest BCUT2D eigenvalue weighted by molar-refractivity contribution is 7.11. The molecule has 1 aromatic rings. The van der Waals surface area contributed by atoms with Crippen molar-refractivity contribution < 1.29 is 4.74 Å². The lowest BCUT2D eigenvalue weighted by Gasteiger charge is -2.21.